The monoisotopic (exact) mass is 408 g/mol. The zero-order valence-corrected chi connectivity index (χ0v) is 15.2. The molecule has 1 aromatic heterocycles. The number of pyridine rings is 1. The molecule has 0 saturated carbocycles. The van der Waals surface area contributed by atoms with Crippen LogP contribution in [0.4, 0.5) is 19.0 Å². The Balaban J connectivity index is 1.66. The van der Waals surface area contributed by atoms with Gasteiger partial charge in [-0.3, -0.25) is 4.72 Å². The molecule has 0 aliphatic carbocycles. The molecule has 5 nitrogen and oxygen atoms in total. The molecular formula is C19H15F3N2O3S. The van der Waals surface area contributed by atoms with E-state index in [9.17, 15) is 21.6 Å². The highest BCUT2D eigenvalue weighted by atomic mass is 32.2. The predicted octanol–water partition coefficient (Wildman–Crippen LogP) is 4.02. The summed E-state index contributed by atoms with van der Waals surface area (Å²) in [5.74, 6) is -2.46. The van der Waals surface area contributed by atoms with Crippen molar-refractivity contribution in [1.82, 2.24) is 4.98 Å². The van der Waals surface area contributed by atoms with Gasteiger partial charge in [0.25, 0.3) is 10.0 Å². The van der Waals surface area contributed by atoms with E-state index in [0.717, 1.165) is 17.7 Å². The fourth-order valence-corrected chi connectivity index (χ4v) is 3.42. The summed E-state index contributed by atoms with van der Waals surface area (Å²) in [6, 6.07) is 12.6. The third-order valence-corrected chi connectivity index (χ3v) is 5.05. The Labute approximate surface area is 159 Å². The van der Waals surface area contributed by atoms with Crippen LogP contribution in [0.5, 0.6) is 0 Å². The lowest BCUT2D eigenvalue weighted by molar-refractivity contribution is 0.104. The van der Waals surface area contributed by atoms with E-state index >= 15 is 0 Å². The maximum Gasteiger partial charge on any atom is 0.265 e. The number of ether oxygens (including phenoxy) is 1. The van der Waals surface area contributed by atoms with Crippen LogP contribution in [-0.4, -0.2) is 13.4 Å². The van der Waals surface area contributed by atoms with Crippen molar-refractivity contribution in [2.75, 3.05) is 4.72 Å². The highest BCUT2D eigenvalue weighted by Gasteiger charge is 2.20. The Morgan fingerprint density at radius 2 is 1.61 bits per heavy atom. The van der Waals surface area contributed by atoms with Crippen LogP contribution in [0.25, 0.3) is 0 Å². The second-order valence-electron chi connectivity index (χ2n) is 5.81. The van der Waals surface area contributed by atoms with Crippen molar-refractivity contribution in [2.45, 2.75) is 18.1 Å². The number of hydrogen-bond acceptors (Lipinski definition) is 4. The molecule has 146 valence electrons. The van der Waals surface area contributed by atoms with Crippen LogP contribution in [0.1, 0.15) is 11.3 Å². The summed E-state index contributed by atoms with van der Waals surface area (Å²) in [6.45, 7) is 0.302. The molecule has 3 rings (SSSR count). The van der Waals surface area contributed by atoms with Gasteiger partial charge < -0.3 is 4.74 Å². The van der Waals surface area contributed by atoms with Crippen LogP contribution in [0.3, 0.4) is 0 Å². The summed E-state index contributed by atoms with van der Waals surface area (Å²) in [4.78, 5) is 3.42. The largest absolute Gasteiger partial charge is 0.370 e. The minimum absolute atomic E-state index is 0.0355. The summed E-state index contributed by atoms with van der Waals surface area (Å²) in [5, 5.41) is 0. The summed E-state index contributed by atoms with van der Waals surface area (Å²) >= 11 is 0. The average molecular weight is 408 g/mol. The number of halogens is 3. The van der Waals surface area contributed by atoms with Crippen molar-refractivity contribution in [1.29, 1.82) is 0 Å². The van der Waals surface area contributed by atoms with Gasteiger partial charge in [0, 0.05) is 6.07 Å². The first kappa shape index (κ1) is 19.8. The molecule has 1 heterocycles. The summed E-state index contributed by atoms with van der Waals surface area (Å²) in [6.07, 6.45) is 0. The van der Waals surface area contributed by atoms with Crippen molar-refractivity contribution in [3.05, 3.63) is 89.4 Å². The standard InChI is InChI=1S/C19H15F3N2O3S/c20-14-6-4-13(5-7-14)11-27-12-16-2-1-3-19(23-16)24-28(25,26)18-9-8-15(21)10-17(18)22/h1-10H,11-12H2,(H,23,24). The van der Waals surface area contributed by atoms with Gasteiger partial charge in [-0.1, -0.05) is 18.2 Å². The van der Waals surface area contributed by atoms with Crippen LogP contribution in [0.15, 0.2) is 65.6 Å². The molecule has 1 N–H and O–H groups in total. The lowest BCUT2D eigenvalue weighted by Crippen LogP contribution is -2.16. The average Bonchev–Trinajstić information content (AvgIpc) is 2.63. The maximum atomic E-state index is 13.8. The van der Waals surface area contributed by atoms with E-state index in [-0.39, 0.29) is 24.8 Å². The predicted molar refractivity (Wildman–Crippen MR) is 96.3 cm³/mol. The molecule has 3 aromatic rings. The van der Waals surface area contributed by atoms with Gasteiger partial charge in [-0.15, -0.1) is 0 Å². The molecule has 0 amide bonds. The van der Waals surface area contributed by atoms with E-state index < -0.39 is 26.6 Å². The first-order chi connectivity index (χ1) is 13.3. The Morgan fingerprint density at radius 3 is 2.32 bits per heavy atom. The number of nitrogens with zero attached hydrogens (tertiary/aromatic N) is 1. The molecule has 0 aliphatic rings. The number of hydrogen-bond donors (Lipinski definition) is 1. The molecule has 0 atom stereocenters. The molecule has 0 saturated heterocycles. The number of benzene rings is 2. The van der Waals surface area contributed by atoms with E-state index in [0.29, 0.717) is 11.8 Å². The Bertz CT molecular complexity index is 1070. The zero-order chi connectivity index (χ0) is 20.1. The summed E-state index contributed by atoms with van der Waals surface area (Å²) in [5.41, 5.74) is 1.20. The molecule has 9 heteroatoms. The lowest BCUT2D eigenvalue weighted by Gasteiger charge is -2.10. The summed E-state index contributed by atoms with van der Waals surface area (Å²) < 4.78 is 71.8. The van der Waals surface area contributed by atoms with E-state index in [1.165, 1.54) is 18.2 Å². The van der Waals surface area contributed by atoms with Gasteiger partial charge in [-0.2, -0.15) is 0 Å². The van der Waals surface area contributed by atoms with E-state index in [2.05, 4.69) is 9.71 Å². The second kappa shape index (κ2) is 8.41. The second-order valence-corrected chi connectivity index (χ2v) is 7.46. The highest BCUT2D eigenvalue weighted by molar-refractivity contribution is 7.92. The fourth-order valence-electron chi connectivity index (χ4n) is 2.36. The maximum absolute atomic E-state index is 13.8. The molecule has 0 bridgehead atoms. The number of nitrogens with one attached hydrogen (secondary N) is 1. The summed E-state index contributed by atoms with van der Waals surface area (Å²) in [7, 11) is -4.28. The van der Waals surface area contributed by atoms with Crippen molar-refractivity contribution >= 4 is 15.8 Å². The topological polar surface area (TPSA) is 68.3 Å². The smallest absolute Gasteiger partial charge is 0.265 e. The third kappa shape index (κ3) is 5.08. The molecule has 0 spiro atoms. The van der Waals surface area contributed by atoms with Gasteiger partial charge in [0.15, 0.2) is 0 Å². The Kier molecular flexibility index (Phi) is 5.96. The third-order valence-electron chi connectivity index (χ3n) is 3.66. The first-order valence-electron chi connectivity index (χ1n) is 8.09. The van der Waals surface area contributed by atoms with Crippen LogP contribution in [0, 0.1) is 17.5 Å². The number of rotatable bonds is 7. The van der Waals surface area contributed by atoms with Crippen LogP contribution < -0.4 is 4.72 Å². The van der Waals surface area contributed by atoms with Crippen LogP contribution >= 0.6 is 0 Å². The van der Waals surface area contributed by atoms with Crippen LogP contribution in [0.2, 0.25) is 0 Å². The minimum atomic E-state index is -4.28. The Morgan fingerprint density at radius 1 is 0.893 bits per heavy atom. The van der Waals surface area contributed by atoms with Gasteiger partial charge in [-0.05, 0) is 42.0 Å². The highest BCUT2D eigenvalue weighted by Crippen LogP contribution is 2.19. The molecule has 0 unspecified atom stereocenters. The van der Waals surface area contributed by atoms with Gasteiger partial charge in [0.2, 0.25) is 0 Å². The van der Waals surface area contributed by atoms with Gasteiger partial charge in [-0.25, -0.2) is 26.6 Å². The zero-order valence-electron chi connectivity index (χ0n) is 14.4. The van der Waals surface area contributed by atoms with E-state index in [4.69, 9.17) is 4.74 Å². The van der Waals surface area contributed by atoms with E-state index in [1.807, 2.05) is 0 Å². The quantitative estimate of drug-likeness (QED) is 0.641. The van der Waals surface area contributed by atoms with Gasteiger partial charge in [0.1, 0.15) is 28.2 Å². The minimum Gasteiger partial charge on any atom is -0.370 e. The fraction of sp³-hybridized carbons (Fsp3) is 0.105. The van der Waals surface area contributed by atoms with Crippen molar-refractivity contribution in [3.8, 4) is 0 Å². The van der Waals surface area contributed by atoms with Gasteiger partial charge >= 0.3 is 0 Å². The first-order valence-corrected chi connectivity index (χ1v) is 9.58. The normalized spacial score (nSPS) is 11.4. The van der Waals surface area contributed by atoms with Crippen molar-refractivity contribution in [3.63, 3.8) is 0 Å². The molecular weight excluding hydrogens is 393 g/mol. The number of aromatic nitrogens is 1. The molecule has 0 aliphatic heterocycles. The molecule has 0 radical (unpaired) electrons. The molecule has 2 aromatic carbocycles. The van der Waals surface area contributed by atoms with Crippen molar-refractivity contribution < 1.29 is 26.3 Å². The lowest BCUT2D eigenvalue weighted by atomic mass is 10.2. The number of sulfonamides is 1. The SMILES string of the molecule is O=S(=O)(Nc1cccc(COCc2ccc(F)cc2)n1)c1ccc(F)cc1F. The molecule has 28 heavy (non-hydrogen) atoms. The van der Waals surface area contributed by atoms with E-state index in [1.54, 1.807) is 24.3 Å². The Hall–Kier alpha value is -2.91. The number of anilines is 1. The van der Waals surface area contributed by atoms with Crippen molar-refractivity contribution in [2.24, 2.45) is 0 Å². The molecule has 0 fully saturated rings. The van der Waals surface area contributed by atoms with Crippen LogP contribution in [-0.2, 0) is 28.0 Å². The van der Waals surface area contributed by atoms with Gasteiger partial charge in [0.05, 0.1) is 18.9 Å².